The molecular weight excluding hydrogens is 168 g/mol. The number of hydrogen-bond donors (Lipinski definition) is 1. The average Bonchev–Trinajstić information content (AvgIpc) is 2.15. The van der Waals surface area contributed by atoms with Crippen LogP contribution in [0.4, 0.5) is 0 Å². The maximum absolute atomic E-state index is 9.63. The van der Waals surface area contributed by atoms with Gasteiger partial charge in [0.15, 0.2) is 0 Å². The molecule has 1 fully saturated rings. The predicted molar refractivity (Wildman–Crippen MR) is 50.9 cm³/mol. The molecule has 1 heterocycles. The Bertz CT molecular complexity index is 136. The van der Waals surface area contributed by atoms with Crippen molar-refractivity contribution in [1.82, 2.24) is 9.96 Å². The van der Waals surface area contributed by atoms with Gasteiger partial charge >= 0.3 is 0 Å². The van der Waals surface area contributed by atoms with E-state index in [0.29, 0.717) is 19.2 Å². The molecule has 0 aliphatic carbocycles. The Kier molecular flexibility index (Phi) is 4.66. The first-order valence-corrected chi connectivity index (χ1v) is 4.87. The number of likely N-dealkylation sites (tertiary alicyclic amines) is 1. The Labute approximate surface area is 80.0 Å². The van der Waals surface area contributed by atoms with Crippen LogP contribution in [0.5, 0.6) is 0 Å². The van der Waals surface area contributed by atoms with Crippen LogP contribution < -0.4 is 0 Å². The van der Waals surface area contributed by atoms with Crippen LogP contribution in [0.2, 0.25) is 0 Å². The molecule has 1 rings (SSSR count). The molecule has 4 heteroatoms. The number of rotatable bonds is 4. The normalized spacial score (nSPS) is 21.2. The summed E-state index contributed by atoms with van der Waals surface area (Å²) in [5, 5.41) is 11.1. The van der Waals surface area contributed by atoms with E-state index in [2.05, 4.69) is 11.9 Å². The molecule has 0 aromatic rings. The van der Waals surface area contributed by atoms with Gasteiger partial charge in [-0.05, 0) is 33.0 Å². The van der Waals surface area contributed by atoms with Crippen molar-refractivity contribution in [3.8, 4) is 0 Å². The van der Waals surface area contributed by atoms with Crippen molar-refractivity contribution in [3.05, 3.63) is 0 Å². The summed E-state index contributed by atoms with van der Waals surface area (Å²) in [6.45, 7) is 3.37. The van der Waals surface area contributed by atoms with Crippen molar-refractivity contribution in [3.63, 3.8) is 0 Å². The first-order chi connectivity index (χ1) is 6.24. The Morgan fingerprint density at radius 2 is 2.08 bits per heavy atom. The smallest absolute Gasteiger partial charge is 0.0613 e. The largest absolute Gasteiger partial charge is 0.383 e. The van der Waals surface area contributed by atoms with E-state index in [9.17, 15) is 5.21 Å². The lowest BCUT2D eigenvalue weighted by molar-refractivity contribution is -0.145. The standard InChI is InChI=1S/C9H20N2O2/c1-10-5-3-9(4-6-10)11(12)7-8-13-2/h9,12H,3-8H2,1-2H3. The molecule has 78 valence electrons. The molecule has 0 aromatic carbocycles. The highest BCUT2D eigenvalue weighted by Gasteiger charge is 2.21. The minimum atomic E-state index is 0.325. The monoisotopic (exact) mass is 188 g/mol. The van der Waals surface area contributed by atoms with E-state index >= 15 is 0 Å². The average molecular weight is 188 g/mol. The van der Waals surface area contributed by atoms with Gasteiger partial charge in [0.2, 0.25) is 0 Å². The van der Waals surface area contributed by atoms with E-state index in [1.807, 2.05) is 0 Å². The summed E-state index contributed by atoms with van der Waals surface area (Å²) in [5.74, 6) is 0. The lowest BCUT2D eigenvalue weighted by Crippen LogP contribution is -2.43. The van der Waals surface area contributed by atoms with Gasteiger partial charge in [-0.1, -0.05) is 0 Å². The van der Waals surface area contributed by atoms with Gasteiger partial charge in [0, 0.05) is 19.7 Å². The Morgan fingerprint density at radius 1 is 1.46 bits per heavy atom. The topological polar surface area (TPSA) is 35.9 Å². The third-order valence-corrected chi connectivity index (χ3v) is 2.63. The van der Waals surface area contributed by atoms with Crippen LogP contribution in [-0.2, 0) is 4.74 Å². The fraction of sp³-hybridized carbons (Fsp3) is 1.00. The molecule has 1 N–H and O–H groups in total. The van der Waals surface area contributed by atoms with Gasteiger partial charge < -0.3 is 14.8 Å². The second kappa shape index (κ2) is 5.54. The third kappa shape index (κ3) is 3.60. The molecular formula is C9H20N2O2. The fourth-order valence-electron chi connectivity index (χ4n) is 1.66. The molecule has 0 unspecified atom stereocenters. The van der Waals surface area contributed by atoms with E-state index in [-0.39, 0.29) is 0 Å². The molecule has 0 radical (unpaired) electrons. The van der Waals surface area contributed by atoms with Crippen LogP contribution in [0.15, 0.2) is 0 Å². The van der Waals surface area contributed by atoms with E-state index in [1.54, 1.807) is 7.11 Å². The highest BCUT2D eigenvalue weighted by atomic mass is 16.5. The van der Waals surface area contributed by atoms with Crippen molar-refractivity contribution in [1.29, 1.82) is 0 Å². The Hall–Kier alpha value is -0.160. The van der Waals surface area contributed by atoms with Crippen LogP contribution in [-0.4, -0.2) is 61.6 Å². The summed E-state index contributed by atoms with van der Waals surface area (Å²) in [6.07, 6.45) is 2.10. The maximum Gasteiger partial charge on any atom is 0.0613 e. The predicted octanol–water partition coefficient (Wildman–Crippen LogP) is 0.418. The SMILES string of the molecule is COCCN(O)C1CCN(C)CC1. The summed E-state index contributed by atoms with van der Waals surface area (Å²) >= 11 is 0. The zero-order valence-electron chi connectivity index (χ0n) is 8.57. The van der Waals surface area contributed by atoms with Crippen molar-refractivity contribution in [2.75, 3.05) is 40.4 Å². The molecule has 1 aliphatic heterocycles. The second-order valence-electron chi connectivity index (χ2n) is 3.69. The highest BCUT2D eigenvalue weighted by molar-refractivity contribution is 4.74. The number of piperidine rings is 1. The summed E-state index contributed by atoms with van der Waals surface area (Å²) in [5.41, 5.74) is 0. The molecule has 13 heavy (non-hydrogen) atoms. The van der Waals surface area contributed by atoms with Crippen LogP contribution >= 0.6 is 0 Å². The van der Waals surface area contributed by atoms with Crippen molar-refractivity contribution in [2.24, 2.45) is 0 Å². The summed E-state index contributed by atoms with van der Waals surface area (Å²) in [4.78, 5) is 2.29. The van der Waals surface area contributed by atoms with Gasteiger partial charge in [0.05, 0.1) is 6.61 Å². The van der Waals surface area contributed by atoms with Crippen LogP contribution in [0, 0.1) is 0 Å². The van der Waals surface area contributed by atoms with E-state index in [0.717, 1.165) is 25.9 Å². The lowest BCUT2D eigenvalue weighted by Gasteiger charge is -2.33. The molecule has 4 nitrogen and oxygen atoms in total. The number of nitrogens with zero attached hydrogens (tertiary/aromatic N) is 2. The minimum Gasteiger partial charge on any atom is -0.383 e. The molecule has 0 bridgehead atoms. The Balaban J connectivity index is 2.19. The van der Waals surface area contributed by atoms with Gasteiger partial charge in [-0.15, -0.1) is 0 Å². The van der Waals surface area contributed by atoms with Gasteiger partial charge in [-0.2, -0.15) is 5.06 Å². The lowest BCUT2D eigenvalue weighted by atomic mass is 10.1. The molecule has 0 aromatic heterocycles. The van der Waals surface area contributed by atoms with E-state index in [4.69, 9.17) is 4.74 Å². The van der Waals surface area contributed by atoms with Crippen LogP contribution in [0.1, 0.15) is 12.8 Å². The van der Waals surface area contributed by atoms with E-state index < -0.39 is 0 Å². The molecule has 0 saturated carbocycles. The van der Waals surface area contributed by atoms with Gasteiger partial charge in [0.1, 0.15) is 0 Å². The molecule has 0 spiro atoms. The van der Waals surface area contributed by atoms with Crippen LogP contribution in [0.25, 0.3) is 0 Å². The first kappa shape index (κ1) is 10.9. The number of ether oxygens (including phenoxy) is 1. The summed E-state index contributed by atoms with van der Waals surface area (Å²) in [7, 11) is 3.77. The quantitative estimate of drug-likeness (QED) is 0.649. The Morgan fingerprint density at radius 3 is 2.62 bits per heavy atom. The zero-order chi connectivity index (χ0) is 9.68. The molecule has 0 atom stereocenters. The van der Waals surface area contributed by atoms with Crippen molar-refractivity contribution in [2.45, 2.75) is 18.9 Å². The number of hydroxylamine groups is 2. The molecule has 0 amide bonds. The summed E-state index contributed by atoms with van der Waals surface area (Å²) < 4.78 is 4.91. The maximum atomic E-state index is 9.63. The van der Waals surface area contributed by atoms with Gasteiger partial charge in [0.25, 0.3) is 0 Å². The minimum absolute atomic E-state index is 0.325. The number of hydrogen-bond acceptors (Lipinski definition) is 4. The third-order valence-electron chi connectivity index (χ3n) is 2.63. The van der Waals surface area contributed by atoms with Gasteiger partial charge in [-0.25, -0.2) is 0 Å². The van der Waals surface area contributed by atoms with Crippen molar-refractivity contribution >= 4 is 0 Å². The molecule has 1 saturated heterocycles. The first-order valence-electron chi connectivity index (χ1n) is 4.87. The number of methoxy groups -OCH3 is 1. The highest BCUT2D eigenvalue weighted by Crippen LogP contribution is 2.13. The summed E-state index contributed by atoms with van der Waals surface area (Å²) in [6, 6.07) is 0.325. The van der Waals surface area contributed by atoms with Crippen molar-refractivity contribution < 1.29 is 9.94 Å². The fourth-order valence-corrected chi connectivity index (χ4v) is 1.66. The zero-order valence-corrected chi connectivity index (χ0v) is 8.57. The second-order valence-corrected chi connectivity index (χ2v) is 3.69. The molecule has 1 aliphatic rings. The van der Waals surface area contributed by atoms with Gasteiger partial charge in [-0.3, -0.25) is 0 Å². The van der Waals surface area contributed by atoms with Crippen LogP contribution in [0.3, 0.4) is 0 Å². The van der Waals surface area contributed by atoms with E-state index in [1.165, 1.54) is 5.06 Å².